The molecule has 11 N–H and O–H groups in total. The molecule has 0 spiro atoms. The number of carboxylic acid groups (broad SMARTS) is 1. The molecule has 6 aliphatic rings. The Morgan fingerprint density at radius 3 is 2.18 bits per heavy atom. The summed E-state index contributed by atoms with van der Waals surface area (Å²) in [6, 6.07) is 0. The fourth-order valence-corrected chi connectivity index (χ4v) is 11.7. The van der Waals surface area contributed by atoms with Crippen LogP contribution in [0.5, 0.6) is 0 Å². The second kappa shape index (κ2) is 17.2. The van der Waals surface area contributed by atoms with E-state index in [1.54, 1.807) is 6.92 Å². The standard InChI is InChI=1S/C40H64O16/c1-17(22(14-41)36(51)52)11-26(43)18(2)23-7-8-24-21-6-5-19-12-20(13-29(44)40(19,4)25(21)9-10-39(23,24)3)54-38-35(50)33(48)31(46)28(56-38)16-53-37-34(49)32(47)30(45)27(15-42)55-37/h5,18,20-21,23-35,37-38,41-50H,6-16H2,1-4H3,(H,51,52)/t18?,20-,21+,23-,24+,25+,26?,27-,28-,29+,30-,31-,32+,33+,34-,35-,37-,38-,39-,40+/m1/s1. The largest absolute Gasteiger partial charge is 0.478 e. The summed E-state index contributed by atoms with van der Waals surface area (Å²) in [5.74, 6) is -0.120. The van der Waals surface area contributed by atoms with Crippen LogP contribution in [0.1, 0.15) is 79.1 Å². The normalized spacial score (nSPS) is 48.1. The summed E-state index contributed by atoms with van der Waals surface area (Å²) in [4.78, 5) is 11.6. The van der Waals surface area contributed by atoms with Crippen molar-refractivity contribution >= 4 is 5.97 Å². The Hall–Kier alpha value is -1.61. The SMILES string of the molecule is CC(CC(O)C(C)[C@H]1CC[C@H]2[C@@H]3CC=C4C[C@@H](O[C@@H]5O[C@H](CO[C@@H]6O[C@H](CO)[C@@H](O)[C@H](O)[C@H]6O)[C@@H](O)[C@H](O)[C@H]5O)C[C@H](O)[C@]4(C)[C@H]3CC[C@]12C)=C(CO)C(=O)O. The Balaban J connectivity index is 1.10. The van der Waals surface area contributed by atoms with Gasteiger partial charge in [-0.05, 0) is 86.9 Å². The van der Waals surface area contributed by atoms with Gasteiger partial charge in [0, 0.05) is 11.8 Å². The van der Waals surface area contributed by atoms with E-state index in [1.807, 2.05) is 0 Å². The van der Waals surface area contributed by atoms with Gasteiger partial charge in [-0.2, -0.15) is 0 Å². The Morgan fingerprint density at radius 2 is 1.54 bits per heavy atom. The smallest absolute Gasteiger partial charge is 0.333 e. The molecule has 0 amide bonds. The van der Waals surface area contributed by atoms with Crippen LogP contribution in [0.3, 0.4) is 0 Å². The number of aliphatic carboxylic acids is 1. The van der Waals surface area contributed by atoms with Crippen molar-refractivity contribution in [2.75, 3.05) is 19.8 Å². The monoisotopic (exact) mass is 800 g/mol. The fraction of sp³-hybridized carbons (Fsp3) is 0.875. The topological polar surface area (TPSA) is 277 Å². The zero-order valence-electron chi connectivity index (χ0n) is 32.7. The molecule has 6 rings (SSSR count). The van der Waals surface area contributed by atoms with Crippen molar-refractivity contribution in [3.8, 4) is 0 Å². The molecule has 3 saturated carbocycles. The highest BCUT2D eigenvalue weighted by atomic mass is 16.7. The van der Waals surface area contributed by atoms with E-state index in [4.69, 9.17) is 18.9 Å². The molecular weight excluding hydrogens is 736 g/mol. The predicted molar refractivity (Wildman–Crippen MR) is 195 cm³/mol. The van der Waals surface area contributed by atoms with Crippen molar-refractivity contribution in [2.45, 2.75) is 159 Å². The second-order valence-corrected chi connectivity index (χ2v) is 18.0. The van der Waals surface area contributed by atoms with Gasteiger partial charge in [-0.25, -0.2) is 4.79 Å². The Kier molecular flexibility index (Phi) is 13.5. The molecule has 20 atom stereocenters. The zero-order chi connectivity index (χ0) is 41.0. The predicted octanol–water partition coefficient (Wildman–Crippen LogP) is -0.674. The van der Waals surface area contributed by atoms with E-state index in [1.165, 1.54) is 0 Å². The zero-order valence-corrected chi connectivity index (χ0v) is 32.7. The maximum Gasteiger partial charge on any atom is 0.333 e. The van der Waals surface area contributed by atoms with Gasteiger partial charge in [0.15, 0.2) is 12.6 Å². The van der Waals surface area contributed by atoms with Crippen LogP contribution < -0.4 is 0 Å². The Labute approximate surface area is 327 Å². The average Bonchev–Trinajstić information content (AvgIpc) is 3.51. The number of allylic oxidation sites excluding steroid dienone is 1. The quantitative estimate of drug-likeness (QED) is 0.0863. The van der Waals surface area contributed by atoms with Crippen LogP contribution in [0.15, 0.2) is 22.8 Å². The minimum absolute atomic E-state index is 0.0400. The van der Waals surface area contributed by atoms with Crippen molar-refractivity contribution in [1.82, 2.24) is 0 Å². The molecular formula is C40H64O16. The van der Waals surface area contributed by atoms with Gasteiger partial charge in [-0.1, -0.05) is 38.0 Å². The lowest BCUT2D eigenvalue weighted by Crippen LogP contribution is -2.62. The van der Waals surface area contributed by atoms with Gasteiger partial charge in [0.25, 0.3) is 0 Å². The fourth-order valence-electron chi connectivity index (χ4n) is 11.7. The summed E-state index contributed by atoms with van der Waals surface area (Å²) < 4.78 is 23.0. The number of carbonyl (C=O) groups is 1. The molecule has 56 heavy (non-hydrogen) atoms. The summed E-state index contributed by atoms with van der Waals surface area (Å²) in [6.07, 6.45) is -9.71. The second-order valence-electron chi connectivity index (χ2n) is 18.0. The van der Waals surface area contributed by atoms with Gasteiger partial charge in [-0.3, -0.25) is 0 Å². The first-order valence-electron chi connectivity index (χ1n) is 20.2. The minimum atomic E-state index is -1.69. The maximum atomic E-state index is 11.9. The average molecular weight is 801 g/mol. The van der Waals surface area contributed by atoms with Gasteiger partial charge < -0.3 is 75.1 Å². The van der Waals surface area contributed by atoms with E-state index < -0.39 is 111 Å². The van der Waals surface area contributed by atoms with E-state index in [-0.39, 0.29) is 41.6 Å². The molecule has 0 radical (unpaired) electrons. The van der Waals surface area contributed by atoms with Crippen molar-refractivity contribution in [3.63, 3.8) is 0 Å². The first-order chi connectivity index (χ1) is 26.4. The van der Waals surface area contributed by atoms with Crippen molar-refractivity contribution in [3.05, 3.63) is 22.8 Å². The summed E-state index contributed by atoms with van der Waals surface area (Å²) in [5.41, 5.74) is 0.913. The third kappa shape index (κ3) is 7.78. The summed E-state index contributed by atoms with van der Waals surface area (Å²) >= 11 is 0. The number of fused-ring (bicyclic) bond motifs is 5. The third-order valence-corrected chi connectivity index (χ3v) is 15.2. The number of hydrogen-bond donors (Lipinski definition) is 11. The van der Waals surface area contributed by atoms with Crippen LogP contribution >= 0.6 is 0 Å². The highest BCUT2D eigenvalue weighted by molar-refractivity contribution is 5.87. The lowest BCUT2D eigenvalue weighted by Gasteiger charge is -2.60. The molecule has 2 aliphatic heterocycles. The minimum Gasteiger partial charge on any atom is -0.478 e. The molecule has 0 bridgehead atoms. The number of ether oxygens (including phenoxy) is 4. The van der Waals surface area contributed by atoms with E-state index in [2.05, 4.69) is 26.8 Å². The Bertz CT molecular complexity index is 1450. The van der Waals surface area contributed by atoms with Crippen LogP contribution in [0, 0.1) is 40.4 Å². The lowest BCUT2D eigenvalue weighted by molar-refractivity contribution is -0.337. The summed E-state index contributed by atoms with van der Waals surface area (Å²) in [6.45, 7) is 6.45. The van der Waals surface area contributed by atoms with Crippen molar-refractivity contribution in [1.29, 1.82) is 0 Å². The molecule has 5 fully saturated rings. The molecule has 0 aromatic heterocycles. The number of aliphatic hydroxyl groups is 10. The van der Waals surface area contributed by atoms with E-state index in [0.29, 0.717) is 23.8 Å². The van der Waals surface area contributed by atoms with Crippen LogP contribution in [-0.2, 0) is 23.7 Å². The van der Waals surface area contributed by atoms with E-state index in [9.17, 15) is 61.0 Å². The maximum absolute atomic E-state index is 11.9. The highest BCUT2D eigenvalue weighted by Gasteiger charge is 2.62. The van der Waals surface area contributed by atoms with Crippen molar-refractivity contribution < 1.29 is 79.9 Å². The molecule has 16 heteroatoms. The van der Waals surface area contributed by atoms with Crippen LogP contribution in [0.2, 0.25) is 0 Å². The molecule has 4 aliphatic carbocycles. The van der Waals surface area contributed by atoms with Crippen LogP contribution in [-0.4, -0.2) is 162 Å². The highest BCUT2D eigenvalue weighted by Crippen LogP contribution is 2.67. The van der Waals surface area contributed by atoms with Gasteiger partial charge in [-0.15, -0.1) is 0 Å². The van der Waals surface area contributed by atoms with Gasteiger partial charge >= 0.3 is 5.97 Å². The van der Waals surface area contributed by atoms with Gasteiger partial charge in [0.2, 0.25) is 0 Å². The van der Waals surface area contributed by atoms with Crippen LogP contribution in [0.4, 0.5) is 0 Å². The number of rotatable bonds is 12. The van der Waals surface area contributed by atoms with Crippen molar-refractivity contribution in [2.24, 2.45) is 40.4 Å². The van der Waals surface area contributed by atoms with Gasteiger partial charge in [0.1, 0.15) is 48.8 Å². The van der Waals surface area contributed by atoms with Gasteiger partial charge in [0.05, 0.1) is 43.7 Å². The van der Waals surface area contributed by atoms with E-state index >= 15 is 0 Å². The number of carboxylic acids is 1. The number of hydrogen-bond acceptors (Lipinski definition) is 15. The summed E-state index contributed by atoms with van der Waals surface area (Å²) in [7, 11) is 0. The lowest BCUT2D eigenvalue weighted by atomic mass is 9.46. The molecule has 2 saturated heterocycles. The third-order valence-electron chi connectivity index (χ3n) is 15.2. The first-order valence-corrected chi connectivity index (χ1v) is 20.2. The molecule has 320 valence electrons. The summed E-state index contributed by atoms with van der Waals surface area (Å²) in [5, 5.41) is 115. The van der Waals surface area contributed by atoms with E-state index in [0.717, 1.165) is 37.7 Å². The molecule has 0 aromatic carbocycles. The molecule has 0 aromatic rings. The molecule has 16 nitrogen and oxygen atoms in total. The Morgan fingerprint density at radius 1 is 0.893 bits per heavy atom. The molecule has 2 unspecified atom stereocenters. The molecule has 2 heterocycles. The number of aliphatic hydroxyl groups excluding tert-OH is 10. The van der Waals surface area contributed by atoms with Crippen LogP contribution in [0.25, 0.3) is 0 Å². The first kappa shape index (κ1) is 44.0.